The molecule has 2 amide bonds. The number of nitrogens with zero attached hydrogens (tertiary/aromatic N) is 2. The Balaban J connectivity index is 1.95. The van der Waals surface area contributed by atoms with E-state index in [2.05, 4.69) is 0 Å². The van der Waals surface area contributed by atoms with Crippen LogP contribution in [-0.4, -0.2) is 16.7 Å². The van der Waals surface area contributed by atoms with Crippen LogP contribution in [0.3, 0.4) is 0 Å². The lowest BCUT2D eigenvalue weighted by atomic mass is 10.1. The minimum absolute atomic E-state index is 0.0575. The summed E-state index contributed by atoms with van der Waals surface area (Å²) in [5.74, 6) is -1.21. The average molecular weight is 318 g/mol. The molecule has 0 aliphatic carbocycles. The van der Waals surface area contributed by atoms with E-state index in [1.54, 1.807) is 12.1 Å². The number of carbonyl (C=O) groups is 2. The van der Waals surface area contributed by atoms with Crippen molar-refractivity contribution in [1.29, 1.82) is 0 Å². The molecule has 0 atom stereocenters. The molecule has 1 aliphatic heterocycles. The van der Waals surface area contributed by atoms with Crippen LogP contribution in [0.4, 0.5) is 11.4 Å². The standard InChI is InChI=1S/C18H10N2O4/c21-17-13-8-4-10-15(20(23)24)16(13)18(22)19(17)14-9-3-6-11-5-1-2-7-12(11)14/h1-10H. The third-order valence-corrected chi connectivity index (χ3v) is 4.10. The zero-order valence-electron chi connectivity index (χ0n) is 12.3. The number of nitro groups is 1. The van der Waals surface area contributed by atoms with Gasteiger partial charge >= 0.3 is 0 Å². The summed E-state index contributed by atoms with van der Waals surface area (Å²) in [6.07, 6.45) is 0. The molecule has 1 heterocycles. The highest BCUT2D eigenvalue weighted by molar-refractivity contribution is 6.37. The van der Waals surface area contributed by atoms with E-state index in [-0.39, 0.29) is 16.8 Å². The summed E-state index contributed by atoms with van der Waals surface area (Å²) in [5, 5.41) is 12.8. The molecular weight excluding hydrogens is 308 g/mol. The van der Waals surface area contributed by atoms with Crippen molar-refractivity contribution in [3.8, 4) is 0 Å². The first-order chi connectivity index (χ1) is 11.6. The third kappa shape index (κ3) is 1.83. The Kier molecular flexibility index (Phi) is 2.93. The Morgan fingerprint density at radius 2 is 1.54 bits per heavy atom. The SMILES string of the molecule is O=C1c2cccc([N+](=O)[O-])c2C(=O)N1c1cccc2ccccc12. The number of amides is 2. The molecule has 0 unspecified atom stereocenters. The third-order valence-electron chi connectivity index (χ3n) is 4.10. The van der Waals surface area contributed by atoms with Crippen LogP contribution in [0.2, 0.25) is 0 Å². The predicted molar refractivity (Wildman–Crippen MR) is 88.2 cm³/mol. The van der Waals surface area contributed by atoms with Crippen molar-refractivity contribution in [2.45, 2.75) is 0 Å². The van der Waals surface area contributed by atoms with E-state index in [4.69, 9.17) is 0 Å². The van der Waals surface area contributed by atoms with Crippen LogP contribution < -0.4 is 4.90 Å². The first kappa shape index (κ1) is 14.1. The lowest BCUT2D eigenvalue weighted by Crippen LogP contribution is -2.29. The van der Waals surface area contributed by atoms with Crippen molar-refractivity contribution in [2.24, 2.45) is 0 Å². The normalized spacial score (nSPS) is 13.4. The summed E-state index contributed by atoms with van der Waals surface area (Å²) < 4.78 is 0. The highest BCUT2D eigenvalue weighted by Crippen LogP contribution is 2.36. The average Bonchev–Trinajstić information content (AvgIpc) is 2.85. The number of fused-ring (bicyclic) bond motifs is 2. The van der Waals surface area contributed by atoms with Gasteiger partial charge in [0.15, 0.2) is 0 Å². The van der Waals surface area contributed by atoms with Crippen LogP contribution >= 0.6 is 0 Å². The molecule has 6 nitrogen and oxygen atoms in total. The number of rotatable bonds is 2. The molecule has 0 fully saturated rings. The lowest BCUT2D eigenvalue weighted by Gasteiger charge is -2.16. The quantitative estimate of drug-likeness (QED) is 0.411. The van der Waals surface area contributed by atoms with Gasteiger partial charge in [0.05, 0.1) is 16.2 Å². The molecule has 4 rings (SSSR count). The zero-order valence-corrected chi connectivity index (χ0v) is 12.3. The Morgan fingerprint density at radius 1 is 0.833 bits per heavy atom. The molecule has 0 saturated heterocycles. The van der Waals surface area contributed by atoms with Crippen LogP contribution in [0.5, 0.6) is 0 Å². The van der Waals surface area contributed by atoms with Gasteiger partial charge in [-0.3, -0.25) is 19.7 Å². The molecule has 3 aromatic carbocycles. The molecule has 0 N–H and O–H groups in total. The van der Waals surface area contributed by atoms with Crippen LogP contribution in [0.1, 0.15) is 20.7 Å². The molecule has 24 heavy (non-hydrogen) atoms. The van der Waals surface area contributed by atoms with Gasteiger partial charge in [0, 0.05) is 11.5 Å². The fraction of sp³-hybridized carbons (Fsp3) is 0. The topological polar surface area (TPSA) is 80.5 Å². The first-order valence-electron chi connectivity index (χ1n) is 7.23. The maximum absolute atomic E-state index is 12.8. The lowest BCUT2D eigenvalue weighted by molar-refractivity contribution is -0.385. The van der Waals surface area contributed by atoms with Gasteiger partial charge in [-0.1, -0.05) is 42.5 Å². The van der Waals surface area contributed by atoms with Crippen molar-refractivity contribution in [2.75, 3.05) is 4.90 Å². The summed E-state index contributed by atoms with van der Waals surface area (Å²) in [7, 11) is 0. The van der Waals surface area contributed by atoms with E-state index in [0.717, 1.165) is 15.7 Å². The monoisotopic (exact) mass is 318 g/mol. The summed E-state index contributed by atoms with van der Waals surface area (Å²) in [6.45, 7) is 0. The molecule has 0 radical (unpaired) electrons. The predicted octanol–water partition coefficient (Wildman–Crippen LogP) is 3.55. The molecule has 0 bridgehead atoms. The van der Waals surface area contributed by atoms with Crippen LogP contribution in [0, 0.1) is 10.1 Å². The van der Waals surface area contributed by atoms with Gasteiger partial charge in [0.25, 0.3) is 17.5 Å². The number of anilines is 1. The molecule has 0 aromatic heterocycles. The number of hydrogen-bond acceptors (Lipinski definition) is 4. The highest BCUT2D eigenvalue weighted by Gasteiger charge is 2.42. The number of carbonyl (C=O) groups excluding carboxylic acids is 2. The van der Waals surface area contributed by atoms with Crippen molar-refractivity contribution in [1.82, 2.24) is 0 Å². The smallest absolute Gasteiger partial charge is 0.268 e. The van der Waals surface area contributed by atoms with Gasteiger partial charge in [-0.15, -0.1) is 0 Å². The molecular formula is C18H10N2O4. The van der Waals surface area contributed by atoms with Crippen molar-refractivity contribution in [3.63, 3.8) is 0 Å². The molecule has 6 heteroatoms. The van der Waals surface area contributed by atoms with E-state index in [9.17, 15) is 19.7 Å². The fourth-order valence-corrected chi connectivity index (χ4v) is 3.04. The minimum Gasteiger partial charge on any atom is -0.268 e. The fourth-order valence-electron chi connectivity index (χ4n) is 3.04. The Hall–Kier alpha value is -3.54. The van der Waals surface area contributed by atoms with Gasteiger partial charge in [-0.25, -0.2) is 4.90 Å². The summed E-state index contributed by atoms with van der Waals surface area (Å²) >= 11 is 0. The Bertz CT molecular complexity index is 1040. The maximum atomic E-state index is 12.8. The number of nitro benzene ring substituents is 1. The van der Waals surface area contributed by atoms with Gasteiger partial charge in [0.2, 0.25) is 0 Å². The van der Waals surface area contributed by atoms with E-state index >= 15 is 0 Å². The Morgan fingerprint density at radius 3 is 2.33 bits per heavy atom. The van der Waals surface area contributed by atoms with Crippen molar-refractivity contribution in [3.05, 3.63) is 81.9 Å². The summed E-state index contributed by atoms with van der Waals surface area (Å²) in [5.41, 5.74) is -0.0234. The largest absolute Gasteiger partial charge is 0.283 e. The van der Waals surface area contributed by atoms with E-state index < -0.39 is 16.7 Å². The molecule has 116 valence electrons. The minimum atomic E-state index is -0.668. The second kappa shape index (κ2) is 4.99. The second-order valence-electron chi connectivity index (χ2n) is 5.40. The molecule has 0 spiro atoms. The molecule has 1 aliphatic rings. The van der Waals surface area contributed by atoms with Crippen LogP contribution in [0.15, 0.2) is 60.7 Å². The zero-order chi connectivity index (χ0) is 16.8. The van der Waals surface area contributed by atoms with E-state index in [0.29, 0.717) is 5.69 Å². The second-order valence-corrected chi connectivity index (χ2v) is 5.40. The maximum Gasteiger partial charge on any atom is 0.283 e. The summed E-state index contributed by atoms with van der Waals surface area (Å²) in [4.78, 5) is 37.0. The summed E-state index contributed by atoms with van der Waals surface area (Å²) in [6, 6.07) is 16.7. The van der Waals surface area contributed by atoms with E-state index in [1.165, 1.54) is 18.2 Å². The number of imide groups is 1. The van der Waals surface area contributed by atoms with Gasteiger partial charge < -0.3 is 0 Å². The van der Waals surface area contributed by atoms with Gasteiger partial charge in [-0.2, -0.15) is 0 Å². The van der Waals surface area contributed by atoms with Crippen LogP contribution in [0.25, 0.3) is 10.8 Å². The van der Waals surface area contributed by atoms with Crippen molar-refractivity contribution >= 4 is 34.0 Å². The van der Waals surface area contributed by atoms with Crippen LogP contribution in [-0.2, 0) is 0 Å². The Labute approximate surface area is 136 Å². The van der Waals surface area contributed by atoms with Gasteiger partial charge in [-0.05, 0) is 17.5 Å². The highest BCUT2D eigenvalue weighted by atomic mass is 16.6. The van der Waals surface area contributed by atoms with Gasteiger partial charge in [0.1, 0.15) is 5.56 Å². The molecule has 0 saturated carbocycles. The number of benzene rings is 3. The molecule has 3 aromatic rings. The number of hydrogen-bond donors (Lipinski definition) is 0. The van der Waals surface area contributed by atoms with E-state index in [1.807, 2.05) is 30.3 Å². The first-order valence-corrected chi connectivity index (χ1v) is 7.23. The van der Waals surface area contributed by atoms with Crippen molar-refractivity contribution < 1.29 is 14.5 Å².